The van der Waals surface area contributed by atoms with Gasteiger partial charge in [-0.1, -0.05) is 25.0 Å². The molecule has 60 heavy (non-hydrogen) atoms. The number of hydrogen-bond acceptors (Lipinski definition) is 11. The molecule has 2 N–H and O–H groups in total. The van der Waals surface area contributed by atoms with E-state index in [2.05, 4.69) is 20.1 Å². The number of nitrogens with one attached hydrogen (secondary N) is 2. The maximum absolute atomic E-state index is 14.9. The van der Waals surface area contributed by atoms with Crippen LogP contribution in [0.4, 0.5) is 13.2 Å². The van der Waals surface area contributed by atoms with Crippen molar-refractivity contribution in [1.29, 1.82) is 0 Å². The minimum absolute atomic E-state index is 0.0683. The molecule has 7 rings (SSSR count). The van der Waals surface area contributed by atoms with Crippen LogP contribution >= 0.6 is 0 Å². The summed E-state index contributed by atoms with van der Waals surface area (Å²) in [5.74, 6) is -3.75. The quantitative estimate of drug-likeness (QED) is 0.235. The fourth-order valence-corrected chi connectivity index (χ4v) is 9.38. The summed E-state index contributed by atoms with van der Waals surface area (Å²) in [4.78, 5) is 62.5. The van der Waals surface area contributed by atoms with Gasteiger partial charge in [0, 0.05) is 30.5 Å². The van der Waals surface area contributed by atoms with Crippen LogP contribution in [0.3, 0.4) is 0 Å². The topological polar surface area (TPSA) is 188 Å². The first-order chi connectivity index (χ1) is 28.4. The molecule has 324 valence electrons. The second-order valence-electron chi connectivity index (χ2n) is 16.6. The first-order valence-corrected chi connectivity index (χ1v) is 21.6. The van der Waals surface area contributed by atoms with Gasteiger partial charge in [-0.15, -0.1) is 0 Å². The Bertz CT molecular complexity index is 2320. The van der Waals surface area contributed by atoms with Gasteiger partial charge in [0.1, 0.15) is 29.1 Å². The van der Waals surface area contributed by atoms with Crippen LogP contribution < -0.4 is 24.2 Å². The Morgan fingerprint density at radius 2 is 1.85 bits per heavy atom. The molecule has 3 aromatic rings. The number of carbonyl (C=O) groups is 4. The number of halogens is 3. The highest BCUT2D eigenvalue weighted by Gasteiger charge is 2.62. The normalized spacial score (nSPS) is 26.1. The minimum Gasteiger partial charge on any atom is -0.491 e. The first kappa shape index (κ1) is 42.9. The van der Waals surface area contributed by atoms with Crippen LogP contribution in [0.5, 0.6) is 17.4 Å². The lowest BCUT2D eigenvalue weighted by Crippen LogP contribution is -2.52. The van der Waals surface area contributed by atoms with E-state index in [0.29, 0.717) is 48.6 Å². The number of carbonyl (C=O) groups excluding carboxylic acids is 4. The Kier molecular flexibility index (Phi) is 11.9. The predicted molar refractivity (Wildman–Crippen MR) is 210 cm³/mol. The van der Waals surface area contributed by atoms with Gasteiger partial charge in [0.2, 0.25) is 27.7 Å². The molecule has 0 spiro atoms. The van der Waals surface area contributed by atoms with E-state index >= 15 is 0 Å². The van der Waals surface area contributed by atoms with Crippen LogP contribution in [0.1, 0.15) is 102 Å². The van der Waals surface area contributed by atoms with E-state index in [1.165, 1.54) is 30.2 Å². The molecule has 0 unspecified atom stereocenters. The number of benzene rings is 1. The smallest absolute Gasteiger partial charge is 0.333 e. The molecule has 1 aromatic carbocycles. The Morgan fingerprint density at radius 3 is 2.53 bits per heavy atom. The average Bonchev–Trinajstić information content (AvgIpc) is 3.95. The summed E-state index contributed by atoms with van der Waals surface area (Å²) in [5, 5.41) is 6.65. The van der Waals surface area contributed by atoms with Crippen LogP contribution in [0.15, 0.2) is 42.6 Å². The molecule has 15 nitrogen and oxygen atoms in total. The SMILES string of the molecule is COc1c(F)ccc2c(O[C@@H]3C[C@H]4C(=O)C[C@]5(C(=O)NS(=O)(=O)C6(C)CC6)C[C@H]5/C=C\CCCCC[C@H](NC(=O)c5ccn(C(F)F)n5)C(=O)N4C3)cc(OC(C)C)nc12. The van der Waals surface area contributed by atoms with Crippen LogP contribution in [0.25, 0.3) is 10.9 Å². The molecule has 3 amide bonds. The molecular formula is C41H49F3N6O9S. The van der Waals surface area contributed by atoms with E-state index in [-0.39, 0.29) is 66.9 Å². The van der Waals surface area contributed by atoms with Crippen molar-refractivity contribution >= 4 is 44.4 Å². The van der Waals surface area contributed by atoms with E-state index in [0.717, 1.165) is 12.3 Å². The third kappa shape index (κ3) is 8.67. The van der Waals surface area contributed by atoms with Gasteiger partial charge in [-0.2, -0.15) is 13.9 Å². The van der Waals surface area contributed by atoms with Gasteiger partial charge in [-0.05, 0) is 83.4 Å². The Hall–Kier alpha value is -5.20. The van der Waals surface area contributed by atoms with E-state index in [1.54, 1.807) is 20.8 Å². The molecule has 2 aliphatic carbocycles. The lowest BCUT2D eigenvalue weighted by molar-refractivity contribution is -0.140. The Labute approximate surface area is 345 Å². The van der Waals surface area contributed by atoms with Crippen LogP contribution in [-0.2, 0) is 24.4 Å². The van der Waals surface area contributed by atoms with Crippen LogP contribution in [-0.4, -0.2) is 94.3 Å². The summed E-state index contributed by atoms with van der Waals surface area (Å²) in [7, 11) is -2.74. The van der Waals surface area contributed by atoms with Crippen LogP contribution in [0.2, 0.25) is 0 Å². The van der Waals surface area contributed by atoms with Crippen molar-refractivity contribution in [2.24, 2.45) is 11.3 Å². The number of sulfonamides is 1. The highest BCUT2D eigenvalue weighted by atomic mass is 32.2. The summed E-state index contributed by atoms with van der Waals surface area (Å²) in [5.41, 5.74) is -1.61. The predicted octanol–water partition coefficient (Wildman–Crippen LogP) is 5.39. The van der Waals surface area contributed by atoms with Crippen LogP contribution in [0, 0.1) is 17.2 Å². The number of nitrogens with zero attached hydrogens (tertiary/aromatic N) is 4. The number of hydrogen-bond donors (Lipinski definition) is 2. The second-order valence-corrected chi connectivity index (χ2v) is 18.8. The van der Waals surface area contributed by atoms with Gasteiger partial charge >= 0.3 is 6.55 Å². The summed E-state index contributed by atoms with van der Waals surface area (Å²) in [6.45, 7) is 1.96. The summed E-state index contributed by atoms with van der Waals surface area (Å²) in [6.07, 6.45) is 6.66. The fraction of sp³-hybridized carbons (Fsp3) is 0.561. The number of methoxy groups -OCH3 is 1. The molecule has 2 aromatic heterocycles. The third-order valence-electron chi connectivity index (χ3n) is 11.9. The fourth-order valence-electron chi connectivity index (χ4n) is 8.05. The van der Waals surface area contributed by atoms with Crippen molar-refractivity contribution in [2.45, 2.75) is 121 Å². The molecule has 0 bridgehead atoms. The number of rotatable bonds is 11. The number of alkyl halides is 2. The van der Waals surface area contributed by atoms with Gasteiger partial charge in [0.15, 0.2) is 17.3 Å². The summed E-state index contributed by atoms with van der Waals surface area (Å²) in [6, 6.07) is 2.87. The van der Waals surface area contributed by atoms with E-state index in [9.17, 15) is 40.8 Å². The molecule has 4 aliphatic rings. The first-order valence-electron chi connectivity index (χ1n) is 20.2. The molecule has 4 heterocycles. The average molecular weight is 859 g/mol. The standard InChI is InChI=1S/C41H49F3N6O9S/c1-23(2)58-33-19-32(26-12-13-27(42)35(57-4)34(26)46-33)59-25-18-30-31(51)21-41(38(54)48-60(55,56)40(3)15-16-40)20-24(41)10-8-6-5-7-9-11-29(37(53)49(30)22-25)45-36(52)28-14-17-50(47-28)39(43)44/h8,10,12-14,17,19,23-25,29-30,39H,5-7,9,11,15-16,18,20-22H2,1-4H3,(H,45,52)(H,48,54)/b10-8-/t24-,25-,29+,30+,41-/m1/s1. The molecule has 1 saturated heterocycles. The highest BCUT2D eigenvalue weighted by Crippen LogP contribution is 2.57. The van der Waals surface area contributed by atoms with Crippen molar-refractivity contribution in [3.05, 3.63) is 54.1 Å². The number of allylic oxidation sites excluding steroid dienone is 2. The number of ketones is 1. The second kappa shape index (κ2) is 16.7. The van der Waals surface area contributed by atoms with Crippen molar-refractivity contribution in [3.8, 4) is 17.4 Å². The highest BCUT2D eigenvalue weighted by molar-refractivity contribution is 7.91. The van der Waals surface area contributed by atoms with E-state index in [1.807, 2.05) is 12.2 Å². The van der Waals surface area contributed by atoms with Gasteiger partial charge in [-0.3, -0.25) is 23.9 Å². The zero-order valence-corrected chi connectivity index (χ0v) is 34.6. The molecule has 2 saturated carbocycles. The molecule has 5 atom stereocenters. The van der Waals surface area contributed by atoms with Gasteiger partial charge in [-0.25, -0.2) is 22.5 Å². The number of amides is 3. The van der Waals surface area contributed by atoms with E-state index < -0.39 is 80.2 Å². The molecular weight excluding hydrogens is 810 g/mol. The summed E-state index contributed by atoms with van der Waals surface area (Å²) < 4.78 is 87.2. The number of Topliss-reactive ketones (excluding diaryl/α,β-unsaturated/α-hetero) is 1. The number of pyridine rings is 1. The monoisotopic (exact) mass is 858 g/mol. The zero-order chi connectivity index (χ0) is 43.1. The van der Waals surface area contributed by atoms with Gasteiger partial charge < -0.3 is 24.4 Å². The molecule has 0 radical (unpaired) electrons. The number of aromatic nitrogens is 3. The van der Waals surface area contributed by atoms with E-state index in [4.69, 9.17) is 14.2 Å². The van der Waals surface area contributed by atoms with Gasteiger partial charge in [0.05, 0.1) is 36.0 Å². The summed E-state index contributed by atoms with van der Waals surface area (Å²) >= 11 is 0. The van der Waals surface area contributed by atoms with Crippen molar-refractivity contribution in [2.75, 3.05) is 13.7 Å². The maximum Gasteiger partial charge on any atom is 0.333 e. The lowest BCUT2D eigenvalue weighted by atomic mass is 9.91. The Morgan fingerprint density at radius 1 is 1.08 bits per heavy atom. The van der Waals surface area contributed by atoms with Crippen molar-refractivity contribution in [1.82, 2.24) is 29.7 Å². The van der Waals surface area contributed by atoms with Crippen molar-refractivity contribution in [3.63, 3.8) is 0 Å². The number of fused-ring (bicyclic) bond motifs is 3. The largest absolute Gasteiger partial charge is 0.491 e. The zero-order valence-electron chi connectivity index (χ0n) is 33.8. The molecule has 19 heteroatoms. The minimum atomic E-state index is -4.04. The number of ether oxygens (including phenoxy) is 3. The molecule has 2 aliphatic heterocycles. The third-order valence-corrected chi connectivity index (χ3v) is 14.0. The van der Waals surface area contributed by atoms with Crippen molar-refractivity contribution < 1.29 is 55.0 Å². The van der Waals surface area contributed by atoms with Gasteiger partial charge in [0.25, 0.3) is 5.91 Å². The molecule has 3 fully saturated rings. The maximum atomic E-state index is 14.9. The lowest BCUT2D eigenvalue weighted by Gasteiger charge is -2.29. The Balaban J connectivity index is 1.23.